The van der Waals surface area contributed by atoms with Crippen molar-refractivity contribution >= 4 is 10.9 Å². The molecule has 0 fully saturated rings. The van der Waals surface area contributed by atoms with Crippen LogP contribution in [0.5, 0.6) is 0 Å². The first-order valence-corrected chi connectivity index (χ1v) is 3.53. The number of fused-ring (bicyclic) bond motifs is 1. The summed E-state index contributed by atoms with van der Waals surface area (Å²) in [7, 11) is 1.63. The molecule has 58 valence electrons. The van der Waals surface area contributed by atoms with E-state index in [0.717, 1.165) is 0 Å². The molecular formula is C9H6N2O. The monoisotopic (exact) mass is 158 g/mol. The van der Waals surface area contributed by atoms with Gasteiger partial charge < -0.3 is 0 Å². The fraction of sp³-hybridized carbons (Fsp3) is 0.111. The molecule has 12 heavy (non-hydrogen) atoms. The first-order chi connectivity index (χ1) is 5.79. The first kappa shape index (κ1) is 7.03. The molecule has 0 amide bonds. The molecule has 0 bridgehead atoms. The predicted octanol–water partition coefficient (Wildman–Crippen LogP) is 0.534. The lowest BCUT2D eigenvalue weighted by molar-refractivity contribution is 0.832. The maximum absolute atomic E-state index is 11.4. The molecule has 1 heterocycles. The van der Waals surface area contributed by atoms with Crippen LogP contribution in [-0.2, 0) is 7.05 Å². The molecule has 2 rings (SSSR count). The maximum Gasteiger partial charge on any atom is 0.261 e. The molecule has 0 aliphatic carbocycles. The molecule has 0 spiro atoms. The van der Waals surface area contributed by atoms with Gasteiger partial charge in [0.1, 0.15) is 0 Å². The van der Waals surface area contributed by atoms with Crippen molar-refractivity contribution in [2.24, 2.45) is 7.05 Å². The van der Waals surface area contributed by atoms with Gasteiger partial charge in [0.15, 0.2) is 6.33 Å². The average molecular weight is 158 g/mol. The molecule has 3 heteroatoms. The zero-order chi connectivity index (χ0) is 8.55. The van der Waals surface area contributed by atoms with E-state index < -0.39 is 0 Å². The van der Waals surface area contributed by atoms with Crippen LogP contribution in [0.1, 0.15) is 0 Å². The van der Waals surface area contributed by atoms with Crippen LogP contribution in [0.15, 0.2) is 23.0 Å². The standard InChI is InChI=1S/C9H6N2O/c1-11-6-10-8-5-3-2-4-7(8)9(11)12/h2,4-5H,1H3. The summed E-state index contributed by atoms with van der Waals surface area (Å²) in [6.45, 7) is 0. The van der Waals surface area contributed by atoms with E-state index in [4.69, 9.17) is 0 Å². The van der Waals surface area contributed by atoms with Crippen LogP contribution >= 0.6 is 0 Å². The number of benzene rings is 1. The Bertz CT molecular complexity index is 473. The summed E-state index contributed by atoms with van der Waals surface area (Å²) in [6.07, 6.45) is 2.58. The van der Waals surface area contributed by atoms with Gasteiger partial charge in [-0.3, -0.25) is 9.36 Å². The zero-order valence-electron chi connectivity index (χ0n) is 6.53. The predicted molar refractivity (Wildman–Crippen MR) is 44.7 cm³/mol. The van der Waals surface area contributed by atoms with Crippen molar-refractivity contribution in [3.8, 4) is 0 Å². The second kappa shape index (κ2) is 2.44. The quantitative estimate of drug-likeness (QED) is 0.560. The summed E-state index contributed by atoms with van der Waals surface area (Å²) in [6, 6.07) is 7.93. The third-order valence-corrected chi connectivity index (χ3v) is 1.70. The molecule has 0 aliphatic heterocycles. The van der Waals surface area contributed by atoms with Crippen molar-refractivity contribution in [1.82, 2.24) is 9.55 Å². The summed E-state index contributed by atoms with van der Waals surface area (Å²) >= 11 is 0. The molecule has 0 unspecified atom stereocenters. The van der Waals surface area contributed by atoms with Crippen LogP contribution in [0.2, 0.25) is 0 Å². The molecule has 1 aromatic carbocycles. The second-order valence-electron chi connectivity index (χ2n) is 2.52. The summed E-state index contributed by atoms with van der Waals surface area (Å²) in [4.78, 5) is 15.4. The van der Waals surface area contributed by atoms with Crippen molar-refractivity contribution in [1.29, 1.82) is 0 Å². The molecular weight excluding hydrogens is 152 g/mol. The van der Waals surface area contributed by atoms with Crippen molar-refractivity contribution in [3.63, 3.8) is 0 Å². The molecule has 0 aliphatic rings. The number of hydrogen-bond donors (Lipinski definition) is 0. The van der Waals surface area contributed by atoms with Crippen LogP contribution in [0.3, 0.4) is 0 Å². The van der Waals surface area contributed by atoms with Crippen LogP contribution in [0, 0.1) is 12.4 Å². The van der Waals surface area contributed by atoms with Crippen LogP contribution in [0.4, 0.5) is 0 Å². The van der Waals surface area contributed by atoms with E-state index in [1.807, 2.05) is 0 Å². The smallest absolute Gasteiger partial charge is 0.261 e. The third kappa shape index (κ3) is 0.906. The molecule has 0 atom stereocenters. The van der Waals surface area contributed by atoms with Gasteiger partial charge in [-0.25, -0.2) is 4.98 Å². The fourth-order valence-corrected chi connectivity index (χ4v) is 1.05. The number of rotatable bonds is 0. The second-order valence-corrected chi connectivity index (χ2v) is 2.52. The van der Waals surface area contributed by atoms with Gasteiger partial charge in [-0.15, -0.1) is 0 Å². The summed E-state index contributed by atoms with van der Waals surface area (Å²) < 4.78 is 1.34. The Morgan fingerprint density at radius 3 is 3.25 bits per heavy atom. The molecule has 2 aromatic rings. The minimum atomic E-state index is -0.0750. The van der Waals surface area contributed by atoms with E-state index in [1.165, 1.54) is 4.57 Å². The van der Waals surface area contributed by atoms with Gasteiger partial charge in [-0.1, -0.05) is 6.07 Å². The van der Waals surface area contributed by atoms with Gasteiger partial charge >= 0.3 is 0 Å². The Morgan fingerprint density at radius 1 is 1.58 bits per heavy atom. The third-order valence-electron chi connectivity index (χ3n) is 1.70. The number of aryl methyl sites for hydroxylation is 1. The van der Waals surface area contributed by atoms with E-state index in [-0.39, 0.29) is 5.56 Å². The minimum Gasteiger partial charge on any atom is -0.293 e. The number of aromatic nitrogens is 2. The number of nitrogens with zero attached hydrogens (tertiary/aromatic N) is 2. The van der Waals surface area contributed by atoms with Gasteiger partial charge in [0.05, 0.1) is 10.9 Å². The van der Waals surface area contributed by atoms with E-state index in [0.29, 0.717) is 10.9 Å². The van der Waals surface area contributed by atoms with Gasteiger partial charge in [-0.05, 0) is 18.2 Å². The highest BCUT2D eigenvalue weighted by molar-refractivity contribution is 5.76. The Morgan fingerprint density at radius 2 is 2.42 bits per heavy atom. The lowest BCUT2D eigenvalue weighted by Crippen LogP contribution is -2.17. The topological polar surface area (TPSA) is 34.9 Å². The number of hydrogen-bond acceptors (Lipinski definition) is 2. The van der Waals surface area contributed by atoms with E-state index in [1.54, 1.807) is 25.2 Å². The van der Waals surface area contributed by atoms with Crippen molar-refractivity contribution in [2.45, 2.75) is 0 Å². The largest absolute Gasteiger partial charge is 0.293 e. The maximum atomic E-state index is 11.4. The molecule has 1 aromatic heterocycles. The van der Waals surface area contributed by atoms with Gasteiger partial charge in [0.2, 0.25) is 0 Å². The highest BCUT2D eigenvalue weighted by Gasteiger charge is 1.98. The highest BCUT2D eigenvalue weighted by Crippen LogP contribution is 2.02. The van der Waals surface area contributed by atoms with Crippen molar-refractivity contribution in [3.05, 3.63) is 40.9 Å². The fourth-order valence-electron chi connectivity index (χ4n) is 1.05. The zero-order valence-corrected chi connectivity index (χ0v) is 6.53. The molecule has 0 saturated heterocycles. The molecule has 2 radical (unpaired) electrons. The minimum absolute atomic E-state index is 0.0750. The average Bonchev–Trinajstić information content (AvgIpc) is 2.12. The lowest BCUT2D eigenvalue weighted by Gasteiger charge is -1.96. The van der Waals surface area contributed by atoms with Crippen molar-refractivity contribution < 1.29 is 0 Å². The van der Waals surface area contributed by atoms with Crippen LogP contribution < -0.4 is 5.56 Å². The summed E-state index contributed by atoms with van der Waals surface area (Å²) in [5.74, 6) is 0. The van der Waals surface area contributed by atoms with Gasteiger partial charge in [-0.2, -0.15) is 0 Å². The summed E-state index contributed by atoms with van der Waals surface area (Å²) in [5.41, 5.74) is 0.564. The Labute approximate surface area is 69.3 Å². The van der Waals surface area contributed by atoms with Crippen LogP contribution in [0.25, 0.3) is 10.9 Å². The summed E-state index contributed by atoms with van der Waals surface area (Å²) in [5, 5.41) is 0.606. The van der Waals surface area contributed by atoms with Gasteiger partial charge in [0, 0.05) is 7.05 Å². The molecule has 0 saturated carbocycles. The molecule has 3 nitrogen and oxygen atoms in total. The van der Waals surface area contributed by atoms with E-state index in [2.05, 4.69) is 17.4 Å². The Balaban J connectivity index is 3.01. The SMILES string of the molecule is Cn1[c]nc2c[c]ccc2c1=O. The Kier molecular flexibility index (Phi) is 1.43. The molecule has 0 N–H and O–H groups in total. The first-order valence-electron chi connectivity index (χ1n) is 3.53. The Hall–Kier alpha value is -1.64. The van der Waals surface area contributed by atoms with E-state index >= 15 is 0 Å². The normalized spacial score (nSPS) is 10.4. The van der Waals surface area contributed by atoms with Crippen LogP contribution in [-0.4, -0.2) is 9.55 Å². The van der Waals surface area contributed by atoms with Gasteiger partial charge in [0.25, 0.3) is 5.56 Å². The lowest BCUT2D eigenvalue weighted by atomic mass is 10.2. The van der Waals surface area contributed by atoms with E-state index in [9.17, 15) is 4.79 Å². The van der Waals surface area contributed by atoms with Crippen molar-refractivity contribution in [2.75, 3.05) is 0 Å². The highest BCUT2D eigenvalue weighted by atomic mass is 16.1.